The summed E-state index contributed by atoms with van der Waals surface area (Å²) in [6.07, 6.45) is 7.06. The molecule has 1 aromatic heterocycles. The van der Waals surface area contributed by atoms with Gasteiger partial charge in [-0.25, -0.2) is 0 Å². The van der Waals surface area contributed by atoms with Crippen LogP contribution < -0.4 is 5.32 Å². The molecule has 1 aromatic rings. The van der Waals surface area contributed by atoms with E-state index in [4.69, 9.17) is 0 Å². The van der Waals surface area contributed by atoms with Gasteiger partial charge in [0.15, 0.2) is 0 Å². The number of rotatable bonds is 9. The van der Waals surface area contributed by atoms with Gasteiger partial charge in [0, 0.05) is 15.8 Å². The van der Waals surface area contributed by atoms with E-state index in [2.05, 4.69) is 37.6 Å². The lowest BCUT2D eigenvalue weighted by molar-refractivity contribution is 0.500. The summed E-state index contributed by atoms with van der Waals surface area (Å²) in [5.41, 5.74) is 0. The molecule has 1 unspecified atom stereocenters. The van der Waals surface area contributed by atoms with E-state index in [9.17, 15) is 0 Å². The molecule has 0 spiro atoms. The third kappa shape index (κ3) is 5.94. The lowest BCUT2D eigenvalue weighted by Crippen LogP contribution is -2.32. The van der Waals surface area contributed by atoms with E-state index in [1.165, 1.54) is 41.2 Å². The highest BCUT2D eigenvalue weighted by atomic mass is 32.2. The minimum absolute atomic E-state index is 0.658. The van der Waals surface area contributed by atoms with Crippen LogP contribution in [0.5, 0.6) is 0 Å². The highest BCUT2D eigenvalue weighted by molar-refractivity contribution is 7.98. The molecule has 1 atom stereocenters. The monoisotopic (exact) mass is 271 g/mol. The number of hydrogen-bond acceptors (Lipinski definition) is 3. The topological polar surface area (TPSA) is 12.0 Å². The van der Waals surface area contributed by atoms with Gasteiger partial charge in [-0.1, -0.05) is 13.8 Å². The van der Waals surface area contributed by atoms with Crippen LogP contribution in [0.15, 0.2) is 12.1 Å². The third-order valence-electron chi connectivity index (χ3n) is 2.87. The molecule has 0 aromatic carbocycles. The Labute approximate surface area is 114 Å². The molecule has 98 valence electrons. The van der Waals surface area contributed by atoms with Gasteiger partial charge in [0.05, 0.1) is 0 Å². The highest BCUT2D eigenvalue weighted by Crippen LogP contribution is 2.19. The summed E-state index contributed by atoms with van der Waals surface area (Å²) >= 11 is 3.93. The smallest absolute Gasteiger partial charge is 0.0123 e. The van der Waals surface area contributed by atoms with Crippen LogP contribution in [0.4, 0.5) is 0 Å². The Hall–Kier alpha value is 0.01000. The lowest BCUT2D eigenvalue weighted by atomic mass is 10.1. The van der Waals surface area contributed by atoms with Crippen LogP contribution in [0.1, 0.15) is 36.4 Å². The molecule has 0 aliphatic carbocycles. The summed E-state index contributed by atoms with van der Waals surface area (Å²) in [5.74, 6) is 1.26. The maximum absolute atomic E-state index is 3.67. The molecular formula is C14H25NS2. The Morgan fingerprint density at radius 2 is 2.06 bits per heavy atom. The van der Waals surface area contributed by atoms with Crippen LogP contribution in [-0.2, 0) is 12.8 Å². The zero-order valence-corrected chi connectivity index (χ0v) is 12.9. The molecule has 17 heavy (non-hydrogen) atoms. The molecule has 1 N–H and O–H groups in total. The average molecular weight is 271 g/mol. The fourth-order valence-electron chi connectivity index (χ4n) is 1.85. The maximum Gasteiger partial charge on any atom is 0.0123 e. The second-order valence-corrected chi connectivity index (χ2v) is 6.60. The van der Waals surface area contributed by atoms with Crippen molar-refractivity contribution in [3.8, 4) is 0 Å². The van der Waals surface area contributed by atoms with Crippen molar-refractivity contribution >= 4 is 23.1 Å². The average Bonchev–Trinajstić information content (AvgIpc) is 2.80. The summed E-state index contributed by atoms with van der Waals surface area (Å²) in [7, 11) is 0. The Morgan fingerprint density at radius 1 is 1.29 bits per heavy atom. The highest BCUT2D eigenvalue weighted by Gasteiger charge is 2.09. The number of aryl methyl sites for hydroxylation is 1. The normalized spacial score (nSPS) is 12.9. The zero-order chi connectivity index (χ0) is 12.5. The summed E-state index contributed by atoms with van der Waals surface area (Å²) in [4.78, 5) is 3.05. The molecule has 0 saturated carbocycles. The predicted octanol–water partition coefficient (Wildman–Crippen LogP) is 3.97. The largest absolute Gasteiger partial charge is 0.314 e. The van der Waals surface area contributed by atoms with Crippen LogP contribution in [0.3, 0.4) is 0 Å². The first-order chi connectivity index (χ1) is 8.30. The Balaban J connectivity index is 2.45. The fourth-order valence-corrected chi connectivity index (χ4v) is 3.41. The number of thiophene rings is 1. The quantitative estimate of drug-likeness (QED) is 0.729. The molecule has 1 rings (SSSR count). The van der Waals surface area contributed by atoms with E-state index in [-0.39, 0.29) is 0 Å². The van der Waals surface area contributed by atoms with E-state index in [1.54, 1.807) is 0 Å². The van der Waals surface area contributed by atoms with Crippen LogP contribution in [-0.4, -0.2) is 24.6 Å². The fraction of sp³-hybridized carbons (Fsp3) is 0.714. The molecule has 3 heteroatoms. The molecule has 0 amide bonds. The second kappa shape index (κ2) is 9.01. The first-order valence-electron chi connectivity index (χ1n) is 6.60. The predicted molar refractivity (Wildman–Crippen MR) is 82.5 cm³/mol. The van der Waals surface area contributed by atoms with Gasteiger partial charge < -0.3 is 5.32 Å². The van der Waals surface area contributed by atoms with Gasteiger partial charge in [0.25, 0.3) is 0 Å². The molecule has 0 fully saturated rings. The second-order valence-electron chi connectivity index (χ2n) is 4.36. The minimum atomic E-state index is 0.658. The van der Waals surface area contributed by atoms with Crippen molar-refractivity contribution in [2.24, 2.45) is 0 Å². The summed E-state index contributed by atoms with van der Waals surface area (Å²) in [5, 5.41) is 3.67. The van der Waals surface area contributed by atoms with E-state index in [0.717, 1.165) is 6.54 Å². The van der Waals surface area contributed by atoms with Gasteiger partial charge in [0.2, 0.25) is 0 Å². The molecule has 0 radical (unpaired) electrons. The van der Waals surface area contributed by atoms with E-state index in [0.29, 0.717) is 6.04 Å². The van der Waals surface area contributed by atoms with Crippen molar-refractivity contribution < 1.29 is 0 Å². The zero-order valence-electron chi connectivity index (χ0n) is 11.3. The summed E-state index contributed by atoms with van der Waals surface area (Å²) < 4.78 is 0. The molecule has 0 aliphatic rings. The number of hydrogen-bond donors (Lipinski definition) is 1. The van der Waals surface area contributed by atoms with Gasteiger partial charge in [-0.15, -0.1) is 11.3 Å². The standard InChI is InChI=1S/C14H25NS2/c1-4-9-15-12(8-10-16-3)11-14-7-6-13(5-2)17-14/h6-7,12,15H,4-5,8-11H2,1-3H3. The van der Waals surface area contributed by atoms with Crippen LogP contribution in [0.2, 0.25) is 0 Å². The van der Waals surface area contributed by atoms with Crippen molar-refractivity contribution in [3.63, 3.8) is 0 Å². The van der Waals surface area contributed by atoms with Crippen LogP contribution >= 0.6 is 23.1 Å². The maximum atomic E-state index is 3.67. The van der Waals surface area contributed by atoms with Crippen molar-refractivity contribution in [1.29, 1.82) is 0 Å². The number of thioether (sulfide) groups is 1. The van der Waals surface area contributed by atoms with Crippen molar-refractivity contribution in [2.45, 2.75) is 45.6 Å². The molecule has 1 heterocycles. The van der Waals surface area contributed by atoms with Crippen molar-refractivity contribution in [2.75, 3.05) is 18.6 Å². The van der Waals surface area contributed by atoms with Crippen LogP contribution in [0, 0.1) is 0 Å². The Bertz CT molecular complexity index is 288. The molecule has 0 saturated heterocycles. The van der Waals surface area contributed by atoms with E-state index >= 15 is 0 Å². The molecular weight excluding hydrogens is 246 g/mol. The van der Waals surface area contributed by atoms with Gasteiger partial charge >= 0.3 is 0 Å². The third-order valence-corrected chi connectivity index (χ3v) is 4.76. The molecule has 1 nitrogen and oxygen atoms in total. The van der Waals surface area contributed by atoms with Gasteiger partial charge in [-0.3, -0.25) is 0 Å². The van der Waals surface area contributed by atoms with Crippen molar-refractivity contribution in [3.05, 3.63) is 21.9 Å². The van der Waals surface area contributed by atoms with Gasteiger partial charge in [-0.2, -0.15) is 11.8 Å². The summed E-state index contributed by atoms with van der Waals surface area (Å²) in [6, 6.07) is 5.25. The molecule has 0 bridgehead atoms. The Morgan fingerprint density at radius 3 is 2.65 bits per heavy atom. The first-order valence-corrected chi connectivity index (χ1v) is 8.81. The molecule has 0 aliphatic heterocycles. The van der Waals surface area contributed by atoms with Crippen molar-refractivity contribution in [1.82, 2.24) is 5.32 Å². The SMILES string of the molecule is CCCNC(CCSC)Cc1ccc(CC)s1. The Kier molecular flexibility index (Phi) is 7.99. The lowest BCUT2D eigenvalue weighted by Gasteiger charge is -2.17. The van der Waals surface area contributed by atoms with Gasteiger partial charge in [-0.05, 0) is 56.4 Å². The first kappa shape index (κ1) is 15.1. The van der Waals surface area contributed by atoms with Gasteiger partial charge in [0.1, 0.15) is 0 Å². The van der Waals surface area contributed by atoms with Crippen LogP contribution in [0.25, 0.3) is 0 Å². The minimum Gasteiger partial charge on any atom is -0.314 e. The summed E-state index contributed by atoms with van der Waals surface area (Å²) in [6.45, 7) is 5.61. The van der Waals surface area contributed by atoms with E-state index in [1.807, 2.05) is 23.1 Å². The van der Waals surface area contributed by atoms with E-state index < -0.39 is 0 Å². The number of nitrogens with one attached hydrogen (secondary N) is 1.